The number of aromatic nitrogens is 1. The van der Waals surface area contributed by atoms with E-state index in [1.165, 1.54) is 6.92 Å². The third kappa shape index (κ3) is 4.54. The van der Waals surface area contributed by atoms with E-state index in [1.807, 2.05) is 13.0 Å². The van der Waals surface area contributed by atoms with Crippen LogP contribution >= 0.6 is 0 Å². The molecule has 1 rings (SSSR count). The van der Waals surface area contributed by atoms with E-state index in [-0.39, 0.29) is 11.8 Å². The van der Waals surface area contributed by atoms with Gasteiger partial charge in [-0.1, -0.05) is 0 Å². The summed E-state index contributed by atoms with van der Waals surface area (Å²) in [4.78, 5) is 26.0. The molecule has 0 saturated carbocycles. The number of rotatable bonds is 4. The maximum atomic E-state index is 11.3. The van der Waals surface area contributed by atoms with Gasteiger partial charge in [-0.05, 0) is 26.0 Å². The first-order valence-electron chi connectivity index (χ1n) is 5.05. The van der Waals surface area contributed by atoms with E-state index in [4.69, 9.17) is 0 Å². The number of Topliss-reactive ketones (excluding diaryl/α,β-unsaturated/α-hetero) is 1. The summed E-state index contributed by atoms with van der Waals surface area (Å²) in [6, 6.07) is 3.25. The van der Waals surface area contributed by atoms with E-state index in [0.717, 1.165) is 5.69 Å². The second-order valence-corrected chi connectivity index (χ2v) is 3.52. The lowest BCUT2D eigenvalue weighted by Crippen LogP contribution is -2.30. The topological polar surface area (TPSA) is 71.1 Å². The molecule has 5 nitrogen and oxygen atoms in total. The van der Waals surface area contributed by atoms with Crippen LogP contribution in [0.25, 0.3) is 0 Å². The van der Waals surface area contributed by atoms with Crippen LogP contribution in [0, 0.1) is 6.92 Å². The largest absolute Gasteiger partial charge is 0.337 e. The van der Waals surface area contributed by atoms with E-state index in [1.54, 1.807) is 12.3 Å². The normalized spacial score (nSPS) is 9.62. The first kappa shape index (κ1) is 12.2. The molecule has 0 unspecified atom stereocenters. The van der Waals surface area contributed by atoms with Gasteiger partial charge in [0.15, 0.2) is 0 Å². The number of amides is 2. The van der Waals surface area contributed by atoms with Crippen LogP contribution in [0.5, 0.6) is 0 Å². The Morgan fingerprint density at radius 1 is 1.38 bits per heavy atom. The fourth-order valence-corrected chi connectivity index (χ4v) is 1.07. The predicted octanol–water partition coefficient (Wildman–Crippen LogP) is 1.49. The number of hydrogen-bond donors (Lipinski definition) is 2. The lowest BCUT2D eigenvalue weighted by atomic mass is 10.3. The molecule has 86 valence electrons. The van der Waals surface area contributed by atoms with Crippen LogP contribution in [0.1, 0.15) is 19.0 Å². The average Bonchev–Trinajstić information content (AvgIpc) is 2.21. The van der Waals surface area contributed by atoms with Gasteiger partial charge in [-0.2, -0.15) is 0 Å². The lowest BCUT2D eigenvalue weighted by Gasteiger charge is -2.06. The molecule has 0 spiro atoms. The van der Waals surface area contributed by atoms with E-state index in [0.29, 0.717) is 18.7 Å². The number of carbonyl (C=O) groups excluding carboxylic acids is 2. The molecule has 0 fully saturated rings. The highest BCUT2D eigenvalue weighted by Crippen LogP contribution is 2.04. The van der Waals surface area contributed by atoms with E-state index < -0.39 is 0 Å². The van der Waals surface area contributed by atoms with Crippen LogP contribution in [0.2, 0.25) is 0 Å². The van der Waals surface area contributed by atoms with Crippen molar-refractivity contribution in [2.45, 2.75) is 20.3 Å². The van der Waals surface area contributed by atoms with E-state index >= 15 is 0 Å². The molecule has 0 bridgehead atoms. The number of nitrogens with zero attached hydrogens (tertiary/aromatic N) is 1. The van der Waals surface area contributed by atoms with Crippen molar-refractivity contribution >= 4 is 17.5 Å². The van der Waals surface area contributed by atoms with Gasteiger partial charge in [0, 0.05) is 18.7 Å². The summed E-state index contributed by atoms with van der Waals surface area (Å²) in [5.41, 5.74) is 1.52. The van der Waals surface area contributed by atoms with Crippen molar-refractivity contribution in [3.8, 4) is 0 Å². The highest BCUT2D eigenvalue weighted by molar-refractivity contribution is 5.89. The maximum Gasteiger partial charge on any atom is 0.319 e. The summed E-state index contributed by atoms with van der Waals surface area (Å²) in [6.07, 6.45) is 1.93. The number of aryl methyl sites for hydroxylation is 1. The Balaban J connectivity index is 2.34. The van der Waals surface area contributed by atoms with Gasteiger partial charge < -0.3 is 10.6 Å². The summed E-state index contributed by atoms with van der Waals surface area (Å²) in [6.45, 7) is 3.71. The zero-order valence-corrected chi connectivity index (χ0v) is 9.41. The van der Waals surface area contributed by atoms with Crippen LogP contribution in [0.3, 0.4) is 0 Å². The number of hydrogen-bond acceptors (Lipinski definition) is 3. The summed E-state index contributed by atoms with van der Waals surface area (Å²) < 4.78 is 0. The van der Waals surface area contributed by atoms with Crippen molar-refractivity contribution in [2.24, 2.45) is 0 Å². The molecule has 16 heavy (non-hydrogen) atoms. The SMILES string of the molecule is CC(=O)CCNC(=O)Nc1ccc(C)nc1. The zero-order valence-electron chi connectivity index (χ0n) is 9.41. The van der Waals surface area contributed by atoms with Crippen LogP contribution < -0.4 is 10.6 Å². The molecule has 0 saturated heterocycles. The molecule has 0 aliphatic heterocycles. The van der Waals surface area contributed by atoms with Gasteiger partial charge in [0.2, 0.25) is 0 Å². The summed E-state index contributed by atoms with van der Waals surface area (Å²) in [5, 5.41) is 5.20. The van der Waals surface area contributed by atoms with Gasteiger partial charge in [-0.25, -0.2) is 4.79 Å². The van der Waals surface area contributed by atoms with Gasteiger partial charge in [0.1, 0.15) is 5.78 Å². The third-order valence-electron chi connectivity index (χ3n) is 1.93. The highest BCUT2D eigenvalue weighted by Gasteiger charge is 2.01. The molecule has 1 aromatic rings. The average molecular weight is 221 g/mol. The zero-order chi connectivity index (χ0) is 12.0. The van der Waals surface area contributed by atoms with Crippen molar-refractivity contribution < 1.29 is 9.59 Å². The van der Waals surface area contributed by atoms with Crippen LogP contribution in [-0.2, 0) is 4.79 Å². The number of anilines is 1. The Bertz CT molecular complexity index is 373. The number of urea groups is 1. The molecular formula is C11H15N3O2. The van der Waals surface area contributed by atoms with Gasteiger partial charge >= 0.3 is 6.03 Å². The van der Waals surface area contributed by atoms with Crippen molar-refractivity contribution in [2.75, 3.05) is 11.9 Å². The second kappa shape index (κ2) is 5.85. The second-order valence-electron chi connectivity index (χ2n) is 3.52. The quantitative estimate of drug-likeness (QED) is 0.809. The van der Waals surface area contributed by atoms with Crippen LogP contribution in [0.4, 0.5) is 10.5 Å². The molecule has 0 aliphatic carbocycles. The van der Waals surface area contributed by atoms with Crippen LogP contribution in [-0.4, -0.2) is 23.3 Å². The molecule has 0 aromatic carbocycles. The molecule has 1 aromatic heterocycles. The fraction of sp³-hybridized carbons (Fsp3) is 0.364. The summed E-state index contributed by atoms with van der Waals surface area (Å²) >= 11 is 0. The molecule has 1 heterocycles. The monoisotopic (exact) mass is 221 g/mol. The van der Waals surface area contributed by atoms with E-state index in [2.05, 4.69) is 15.6 Å². The molecule has 0 radical (unpaired) electrons. The van der Waals surface area contributed by atoms with Crippen LogP contribution in [0.15, 0.2) is 18.3 Å². The standard InChI is InChI=1S/C11H15N3O2/c1-8-3-4-10(7-13-8)14-11(16)12-6-5-9(2)15/h3-4,7H,5-6H2,1-2H3,(H2,12,14,16). The Labute approximate surface area is 94.3 Å². The number of carbonyl (C=O) groups is 2. The first-order chi connectivity index (χ1) is 7.58. The van der Waals surface area contributed by atoms with Gasteiger partial charge in [0.25, 0.3) is 0 Å². The van der Waals surface area contributed by atoms with Crippen molar-refractivity contribution in [3.63, 3.8) is 0 Å². The minimum Gasteiger partial charge on any atom is -0.337 e. The molecule has 2 amide bonds. The predicted molar refractivity (Wildman–Crippen MR) is 61.3 cm³/mol. The van der Waals surface area contributed by atoms with Crippen molar-refractivity contribution in [1.82, 2.24) is 10.3 Å². The number of pyridine rings is 1. The first-order valence-corrected chi connectivity index (χ1v) is 5.05. The number of nitrogens with one attached hydrogen (secondary N) is 2. The molecule has 0 atom stereocenters. The molecule has 2 N–H and O–H groups in total. The Morgan fingerprint density at radius 2 is 2.12 bits per heavy atom. The molecular weight excluding hydrogens is 206 g/mol. The molecule has 5 heteroatoms. The third-order valence-corrected chi connectivity index (χ3v) is 1.93. The van der Waals surface area contributed by atoms with Gasteiger partial charge in [-0.3, -0.25) is 9.78 Å². The van der Waals surface area contributed by atoms with Gasteiger partial charge in [0.05, 0.1) is 11.9 Å². The Morgan fingerprint density at radius 3 is 2.69 bits per heavy atom. The minimum atomic E-state index is -0.327. The minimum absolute atomic E-state index is 0.0531. The fourth-order valence-electron chi connectivity index (χ4n) is 1.07. The Hall–Kier alpha value is -1.91. The van der Waals surface area contributed by atoms with E-state index in [9.17, 15) is 9.59 Å². The highest BCUT2D eigenvalue weighted by atomic mass is 16.2. The lowest BCUT2D eigenvalue weighted by molar-refractivity contribution is -0.116. The number of ketones is 1. The summed E-state index contributed by atoms with van der Waals surface area (Å²) in [5.74, 6) is 0.0531. The maximum absolute atomic E-state index is 11.3. The summed E-state index contributed by atoms with van der Waals surface area (Å²) in [7, 11) is 0. The van der Waals surface area contributed by atoms with Crippen molar-refractivity contribution in [3.05, 3.63) is 24.0 Å². The van der Waals surface area contributed by atoms with Crippen molar-refractivity contribution in [1.29, 1.82) is 0 Å². The van der Waals surface area contributed by atoms with Gasteiger partial charge in [-0.15, -0.1) is 0 Å². The Kier molecular flexibility index (Phi) is 4.44. The smallest absolute Gasteiger partial charge is 0.319 e. The molecule has 0 aliphatic rings.